The van der Waals surface area contributed by atoms with Crippen molar-refractivity contribution in [2.24, 2.45) is 0 Å². The van der Waals surface area contributed by atoms with Crippen LogP contribution in [0.15, 0.2) is 18.3 Å². The molecular weight excluding hydrogens is 317 g/mol. The number of pyridine rings is 1. The maximum atomic E-state index is 14.1. The number of likely N-dealkylation sites (tertiary alicyclic amines) is 1. The zero-order chi connectivity index (χ0) is 17.9. The monoisotopic (exact) mass is 339 g/mol. The molecule has 1 saturated heterocycles. The van der Waals surface area contributed by atoms with Crippen molar-refractivity contribution in [3.05, 3.63) is 24.0 Å². The molecule has 2 heterocycles. The summed E-state index contributed by atoms with van der Waals surface area (Å²) in [7, 11) is 1.51. The van der Waals surface area contributed by atoms with Crippen LogP contribution in [-0.2, 0) is 4.74 Å². The molecule has 0 radical (unpaired) electrons. The molecule has 2 atom stereocenters. The highest BCUT2D eigenvalue weighted by atomic mass is 19.1. The number of aromatic nitrogens is 1. The summed E-state index contributed by atoms with van der Waals surface area (Å²) in [5.41, 5.74) is -0.398. The molecule has 0 bridgehead atoms. The number of carbonyl (C=O) groups is 2. The lowest BCUT2D eigenvalue weighted by atomic mass is 10.2. The first-order chi connectivity index (χ1) is 11.2. The first kappa shape index (κ1) is 18.0. The van der Waals surface area contributed by atoms with Gasteiger partial charge >= 0.3 is 6.09 Å². The molecule has 0 aromatic carbocycles. The molecule has 8 heteroatoms. The van der Waals surface area contributed by atoms with E-state index in [0.717, 1.165) is 0 Å². The van der Waals surface area contributed by atoms with Crippen LogP contribution in [0.1, 0.15) is 31.3 Å². The van der Waals surface area contributed by atoms with E-state index in [9.17, 15) is 14.0 Å². The Kier molecular flexibility index (Phi) is 5.26. The van der Waals surface area contributed by atoms with E-state index in [1.54, 1.807) is 26.8 Å². The lowest BCUT2D eigenvalue weighted by molar-refractivity contribution is 0.0273. The van der Waals surface area contributed by atoms with Crippen LogP contribution in [0.25, 0.3) is 0 Å². The number of halogens is 1. The normalized spacial score (nSPS) is 20.6. The third-order valence-electron chi connectivity index (χ3n) is 3.33. The number of hydrogen-bond acceptors (Lipinski definition) is 5. The predicted octanol–water partition coefficient (Wildman–Crippen LogP) is 1.78. The molecule has 1 N–H and O–H groups in total. The molecule has 1 aromatic rings. The molecule has 1 aliphatic rings. The van der Waals surface area contributed by atoms with Crippen LogP contribution in [0, 0.1) is 0 Å². The van der Waals surface area contributed by atoms with Crippen molar-refractivity contribution in [3.63, 3.8) is 0 Å². The van der Waals surface area contributed by atoms with Crippen LogP contribution in [0.4, 0.5) is 9.18 Å². The first-order valence-corrected chi connectivity index (χ1v) is 7.66. The highest BCUT2D eigenvalue weighted by Gasteiger charge is 2.39. The van der Waals surface area contributed by atoms with Gasteiger partial charge in [-0.15, -0.1) is 0 Å². The van der Waals surface area contributed by atoms with Gasteiger partial charge in [-0.25, -0.2) is 14.2 Å². The number of ether oxygens (including phenoxy) is 2. The number of nitrogens with zero attached hydrogens (tertiary/aromatic N) is 2. The Labute approximate surface area is 140 Å². The van der Waals surface area contributed by atoms with E-state index in [4.69, 9.17) is 9.47 Å². The van der Waals surface area contributed by atoms with Crippen LogP contribution >= 0.6 is 0 Å². The number of alkyl halides is 1. The van der Waals surface area contributed by atoms with Gasteiger partial charge in [0.2, 0.25) is 0 Å². The Morgan fingerprint density at radius 3 is 2.58 bits per heavy atom. The molecule has 1 aliphatic heterocycles. The van der Waals surface area contributed by atoms with Crippen LogP contribution in [0.2, 0.25) is 0 Å². The van der Waals surface area contributed by atoms with Gasteiger partial charge in [0.05, 0.1) is 19.3 Å². The molecule has 1 fully saturated rings. The van der Waals surface area contributed by atoms with E-state index < -0.39 is 24.0 Å². The summed E-state index contributed by atoms with van der Waals surface area (Å²) in [6.45, 7) is 5.27. The quantitative estimate of drug-likeness (QED) is 0.908. The van der Waals surface area contributed by atoms with Crippen molar-refractivity contribution in [1.29, 1.82) is 0 Å². The van der Waals surface area contributed by atoms with Crippen molar-refractivity contribution in [3.8, 4) is 5.75 Å². The summed E-state index contributed by atoms with van der Waals surface area (Å²) < 4.78 is 24.9. The fourth-order valence-electron chi connectivity index (χ4n) is 2.21. The van der Waals surface area contributed by atoms with Crippen molar-refractivity contribution in [2.75, 3.05) is 20.1 Å². The summed E-state index contributed by atoms with van der Waals surface area (Å²) in [5.74, 6) is 0.0169. The molecule has 2 amide bonds. The second kappa shape index (κ2) is 7.02. The molecular formula is C16H22FN3O4. The van der Waals surface area contributed by atoms with Crippen molar-refractivity contribution in [2.45, 2.75) is 38.6 Å². The second-order valence-corrected chi connectivity index (χ2v) is 6.52. The molecule has 0 spiro atoms. The number of rotatable bonds is 3. The van der Waals surface area contributed by atoms with Crippen LogP contribution < -0.4 is 10.1 Å². The molecule has 2 rings (SSSR count). The lowest BCUT2D eigenvalue weighted by Crippen LogP contribution is -2.36. The summed E-state index contributed by atoms with van der Waals surface area (Å²) in [6, 6.07) is 3.03. The summed E-state index contributed by atoms with van der Waals surface area (Å²) in [6.07, 6.45) is -1.33. The third-order valence-corrected chi connectivity index (χ3v) is 3.33. The van der Waals surface area contributed by atoms with E-state index in [1.165, 1.54) is 24.2 Å². The van der Waals surface area contributed by atoms with E-state index in [0.29, 0.717) is 5.75 Å². The van der Waals surface area contributed by atoms with E-state index in [2.05, 4.69) is 10.3 Å². The third kappa shape index (κ3) is 4.56. The van der Waals surface area contributed by atoms with E-state index >= 15 is 0 Å². The highest BCUT2D eigenvalue weighted by Crippen LogP contribution is 2.22. The summed E-state index contributed by atoms with van der Waals surface area (Å²) in [4.78, 5) is 28.6. The Bertz CT molecular complexity index is 600. The Hall–Kier alpha value is -2.38. The van der Waals surface area contributed by atoms with E-state index in [1.807, 2.05) is 0 Å². The van der Waals surface area contributed by atoms with Gasteiger partial charge in [0.15, 0.2) is 6.17 Å². The fourth-order valence-corrected chi connectivity index (χ4v) is 2.21. The van der Waals surface area contributed by atoms with Crippen LogP contribution in [0.3, 0.4) is 0 Å². The molecule has 0 aliphatic carbocycles. The molecule has 0 saturated carbocycles. The Morgan fingerprint density at radius 1 is 1.33 bits per heavy atom. The lowest BCUT2D eigenvalue weighted by Gasteiger charge is -2.24. The molecule has 132 valence electrons. The topological polar surface area (TPSA) is 80.8 Å². The van der Waals surface area contributed by atoms with Crippen molar-refractivity contribution in [1.82, 2.24) is 15.2 Å². The average Bonchev–Trinajstić information content (AvgIpc) is 2.87. The smallest absolute Gasteiger partial charge is 0.410 e. The maximum Gasteiger partial charge on any atom is 0.410 e. The minimum absolute atomic E-state index is 0.0800. The van der Waals surface area contributed by atoms with Crippen molar-refractivity contribution >= 4 is 12.0 Å². The summed E-state index contributed by atoms with van der Waals surface area (Å²) >= 11 is 0. The zero-order valence-corrected chi connectivity index (χ0v) is 14.2. The first-order valence-electron chi connectivity index (χ1n) is 7.66. The van der Waals surface area contributed by atoms with Crippen LogP contribution in [-0.4, -0.2) is 59.9 Å². The Balaban J connectivity index is 1.96. The standard InChI is InChI=1S/C16H22FN3O4/c1-16(2,3)24-15(22)20-8-11(17)13(9-20)23-10-5-6-12(19-7-10)14(21)18-4/h5-7,11,13H,8-9H2,1-4H3,(H,18,21)/t11-,13+/m1/s1. The Morgan fingerprint density at radius 2 is 2.04 bits per heavy atom. The fraction of sp³-hybridized carbons (Fsp3) is 0.562. The van der Waals surface area contributed by atoms with Crippen molar-refractivity contribution < 1.29 is 23.5 Å². The van der Waals surface area contributed by atoms with Gasteiger partial charge in [0.1, 0.15) is 23.1 Å². The van der Waals surface area contributed by atoms with Gasteiger partial charge in [-0.1, -0.05) is 0 Å². The van der Waals surface area contributed by atoms with Gasteiger partial charge in [-0.05, 0) is 32.9 Å². The van der Waals surface area contributed by atoms with E-state index in [-0.39, 0.29) is 24.7 Å². The van der Waals surface area contributed by atoms with Gasteiger partial charge in [-0.3, -0.25) is 4.79 Å². The molecule has 24 heavy (non-hydrogen) atoms. The van der Waals surface area contributed by atoms with Gasteiger partial charge in [-0.2, -0.15) is 0 Å². The number of carbonyl (C=O) groups excluding carboxylic acids is 2. The van der Waals surface area contributed by atoms with Crippen LogP contribution in [0.5, 0.6) is 5.75 Å². The minimum atomic E-state index is -1.32. The predicted molar refractivity (Wildman–Crippen MR) is 84.7 cm³/mol. The highest BCUT2D eigenvalue weighted by molar-refractivity contribution is 5.91. The minimum Gasteiger partial charge on any atom is -0.484 e. The second-order valence-electron chi connectivity index (χ2n) is 6.52. The SMILES string of the molecule is CNC(=O)c1ccc(O[C@H]2CN(C(=O)OC(C)(C)C)C[C@H]2F)cn1. The number of hydrogen-bond donors (Lipinski definition) is 1. The maximum absolute atomic E-state index is 14.1. The zero-order valence-electron chi connectivity index (χ0n) is 14.2. The largest absolute Gasteiger partial charge is 0.484 e. The molecule has 0 unspecified atom stereocenters. The average molecular weight is 339 g/mol. The van der Waals surface area contributed by atoms with Gasteiger partial charge < -0.3 is 19.7 Å². The number of amides is 2. The summed E-state index contributed by atoms with van der Waals surface area (Å²) in [5, 5.41) is 2.46. The van der Waals surface area contributed by atoms with Gasteiger partial charge in [0, 0.05) is 7.05 Å². The van der Waals surface area contributed by atoms with Gasteiger partial charge in [0.25, 0.3) is 5.91 Å². The number of nitrogens with one attached hydrogen (secondary N) is 1. The molecule has 7 nitrogen and oxygen atoms in total. The molecule has 1 aromatic heterocycles.